The number of para-hydroxylation sites is 1. The quantitative estimate of drug-likeness (QED) is 0.559. The highest BCUT2D eigenvalue weighted by molar-refractivity contribution is 5.85. The Hall–Kier alpha value is -0.770. The van der Waals surface area contributed by atoms with E-state index in [1.807, 2.05) is 7.11 Å². The third-order valence-electron chi connectivity index (χ3n) is 7.59. The molecule has 1 aliphatic heterocycles. The highest BCUT2D eigenvalue weighted by atomic mass is 35.5. The lowest BCUT2D eigenvalue weighted by Crippen LogP contribution is -2.47. The lowest BCUT2D eigenvalue weighted by atomic mass is 9.60. The summed E-state index contributed by atoms with van der Waals surface area (Å²) >= 11 is 0. The van der Waals surface area contributed by atoms with Crippen molar-refractivity contribution in [2.24, 2.45) is 22.7 Å². The monoisotopic (exact) mass is 434 g/mol. The van der Waals surface area contributed by atoms with Gasteiger partial charge in [0, 0.05) is 52.1 Å². The number of hydrogen-bond acceptors (Lipinski definition) is 3. The molecule has 2 atom stereocenters. The van der Waals surface area contributed by atoms with E-state index in [4.69, 9.17) is 4.74 Å². The Bertz CT molecular complexity index is 680. The molecule has 2 unspecified atom stereocenters. The number of benzene rings is 1. The summed E-state index contributed by atoms with van der Waals surface area (Å²) in [5.74, 6) is 2.38. The highest BCUT2D eigenvalue weighted by Crippen LogP contribution is 2.53. The van der Waals surface area contributed by atoms with E-state index in [1.54, 1.807) is 5.56 Å². The fraction of sp³-hybridized carbons (Fsp3) is 0.769. The van der Waals surface area contributed by atoms with E-state index in [0.29, 0.717) is 16.7 Å². The highest BCUT2D eigenvalue weighted by Gasteiger charge is 2.40. The Kier molecular flexibility index (Phi) is 7.47. The van der Waals surface area contributed by atoms with E-state index >= 15 is 0 Å². The van der Waals surface area contributed by atoms with Crippen molar-refractivity contribution in [1.82, 2.24) is 4.90 Å². The summed E-state index contributed by atoms with van der Waals surface area (Å²) in [6.45, 7) is 16.8. The Balaban J connectivity index is 0.00000256. The lowest BCUT2D eigenvalue weighted by Gasteiger charge is -2.46. The number of hydrogen-bond donors (Lipinski definition) is 0. The molecule has 0 amide bonds. The minimum Gasteiger partial charge on any atom is -0.384 e. The average molecular weight is 435 g/mol. The van der Waals surface area contributed by atoms with Gasteiger partial charge in [-0.3, -0.25) is 4.90 Å². The molecule has 4 rings (SSSR count). The normalized spacial score (nSPS) is 28.8. The standard InChI is InChI=1S/C26H42N2O.ClH/c1-25(2)15-22(16-26(3,4)19-25)23-8-6-7-9-24(23)28-12-10-27(11-13-28)17-20-14-21(20)18-29-5;/h6-9,20-22H,10-19H2,1-5H3;1H. The minimum absolute atomic E-state index is 0. The van der Waals surface area contributed by atoms with Gasteiger partial charge < -0.3 is 9.64 Å². The lowest BCUT2D eigenvalue weighted by molar-refractivity contribution is 0.0970. The van der Waals surface area contributed by atoms with Crippen molar-refractivity contribution in [3.63, 3.8) is 0 Å². The molecule has 1 saturated heterocycles. The van der Waals surface area contributed by atoms with Gasteiger partial charge in [0.05, 0.1) is 0 Å². The predicted molar refractivity (Wildman–Crippen MR) is 130 cm³/mol. The molecule has 3 aliphatic rings. The molecule has 3 fully saturated rings. The van der Waals surface area contributed by atoms with E-state index in [2.05, 4.69) is 61.8 Å². The van der Waals surface area contributed by atoms with E-state index in [0.717, 1.165) is 31.5 Å². The van der Waals surface area contributed by atoms with E-state index in [9.17, 15) is 0 Å². The summed E-state index contributed by atoms with van der Waals surface area (Å²) in [6.07, 6.45) is 5.33. The van der Waals surface area contributed by atoms with Crippen LogP contribution in [0.3, 0.4) is 0 Å². The zero-order chi connectivity index (χ0) is 20.6. The molecule has 0 spiro atoms. The molecule has 0 bridgehead atoms. The summed E-state index contributed by atoms with van der Waals surface area (Å²) < 4.78 is 5.33. The zero-order valence-electron chi connectivity index (χ0n) is 19.8. The first-order valence-electron chi connectivity index (χ1n) is 11.8. The van der Waals surface area contributed by atoms with Gasteiger partial charge in [-0.2, -0.15) is 0 Å². The molecule has 0 aromatic heterocycles. The Labute approximate surface area is 190 Å². The minimum atomic E-state index is 0. The van der Waals surface area contributed by atoms with Crippen molar-refractivity contribution in [3.05, 3.63) is 29.8 Å². The molecule has 3 nitrogen and oxygen atoms in total. The zero-order valence-corrected chi connectivity index (χ0v) is 20.6. The first-order valence-corrected chi connectivity index (χ1v) is 11.8. The van der Waals surface area contributed by atoms with Gasteiger partial charge in [-0.25, -0.2) is 0 Å². The number of rotatable bonds is 6. The molecule has 30 heavy (non-hydrogen) atoms. The molecule has 2 aliphatic carbocycles. The first-order chi connectivity index (χ1) is 13.8. The van der Waals surface area contributed by atoms with Gasteiger partial charge in [-0.15, -0.1) is 12.4 Å². The molecule has 0 N–H and O–H groups in total. The van der Waals surface area contributed by atoms with E-state index < -0.39 is 0 Å². The molecular formula is C26H43ClN2O. The van der Waals surface area contributed by atoms with Crippen LogP contribution in [0.25, 0.3) is 0 Å². The van der Waals surface area contributed by atoms with Gasteiger partial charge >= 0.3 is 0 Å². The SMILES string of the molecule is COCC1CC1CN1CCN(c2ccccc2C2CC(C)(C)CC(C)(C)C2)CC1.Cl. The van der Waals surface area contributed by atoms with Gasteiger partial charge in [0.2, 0.25) is 0 Å². The van der Waals surface area contributed by atoms with Crippen LogP contribution in [0.4, 0.5) is 5.69 Å². The third kappa shape index (κ3) is 5.72. The number of piperazine rings is 1. The van der Waals surface area contributed by atoms with Crippen LogP contribution in [-0.4, -0.2) is 51.3 Å². The molecule has 1 aromatic carbocycles. The predicted octanol–water partition coefficient (Wildman–Crippen LogP) is 5.83. The third-order valence-corrected chi connectivity index (χ3v) is 7.59. The van der Waals surface area contributed by atoms with Crippen LogP contribution in [0.5, 0.6) is 0 Å². The van der Waals surface area contributed by atoms with Crippen LogP contribution < -0.4 is 4.90 Å². The molecule has 0 radical (unpaired) electrons. The van der Waals surface area contributed by atoms with Gasteiger partial charge in [0.1, 0.15) is 0 Å². The average Bonchev–Trinajstić information content (AvgIpc) is 3.37. The number of nitrogens with zero attached hydrogens (tertiary/aromatic N) is 2. The largest absolute Gasteiger partial charge is 0.384 e. The number of methoxy groups -OCH3 is 1. The molecule has 4 heteroatoms. The van der Waals surface area contributed by atoms with Crippen molar-refractivity contribution >= 4 is 18.1 Å². The fourth-order valence-electron chi connectivity index (χ4n) is 6.64. The summed E-state index contributed by atoms with van der Waals surface area (Å²) in [7, 11) is 1.83. The van der Waals surface area contributed by atoms with Gasteiger partial charge in [-0.05, 0) is 65.9 Å². The number of anilines is 1. The van der Waals surface area contributed by atoms with Crippen LogP contribution in [-0.2, 0) is 4.74 Å². The van der Waals surface area contributed by atoms with Gasteiger partial charge in [-0.1, -0.05) is 45.9 Å². The summed E-state index contributed by atoms with van der Waals surface area (Å²) in [5, 5.41) is 0. The smallest absolute Gasteiger partial charge is 0.0493 e. The van der Waals surface area contributed by atoms with Crippen LogP contribution in [0, 0.1) is 22.7 Å². The van der Waals surface area contributed by atoms with Crippen LogP contribution >= 0.6 is 12.4 Å². The number of ether oxygens (including phenoxy) is 1. The first kappa shape index (κ1) is 23.9. The topological polar surface area (TPSA) is 15.7 Å². The summed E-state index contributed by atoms with van der Waals surface area (Å²) in [5.41, 5.74) is 3.97. The summed E-state index contributed by atoms with van der Waals surface area (Å²) in [6, 6.07) is 9.30. The molecule has 1 aromatic rings. The maximum absolute atomic E-state index is 5.33. The molecular weight excluding hydrogens is 392 g/mol. The van der Waals surface area contributed by atoms with E-state index in [-0.39, 0.29) is 12.4 Å². The van der Waals surface area contributed by atoms with Crippen molar-refractivity contribution in [3.8, 4) is 0 Å². The molecule has 1 heterocycles. The van der Waals surface area contributed by atoms with Crippen LogP contribution in [0.2, 0.25) is 0 Å². The van der Waals surface area contributed by atoms with Gasteiger partial charge in [0.25, 0.3) is 0 Å². The second kappa shape index (κ2) is 9.38. The van der Waals surface area contributed by atoms with Crippen molar-refractivity contribution in [2.75, 3.05) is 51.3 Å². The Morgan fingerprint density at radius 3 is 2.20 bits per heavy atom. The second-order valence-electron chi connectivity index (χ2n) is 11.7. The maximum atomic E-state index is 5.33. The van der Waals surface area contributed by atoms with Crippen molar-refractivity contribution in [1.29, 1.82) is 0 Å². The Morgan fingerprint density at radius 2 is 1.57 bits per heavy atom. The number of halogens is 1. The van der Waals surface area contributed by atoms with Crippen LogP contribution in [0.1, 0.15) is 64.9 Å². The van der Waals surface area contributed by atoms with E-state index in [1.165, 1.54) is 51.0 Å². The van der Waals surface area contributed by atoms with Crippen molar-refractivity contribution in [2.45, 2.75) is 59.3 Å². The van der Waals surface area contributed by atoms with Gasteiger partial charge in [0.15, 0.2) is 0 Å². The van der Waals surface area contributed by atoms with Crippen LogP contribution in [0.15, 0.2) is 24.3 Å². The maximum Gasteiger partial charge on any atom is 0.0493 e. The molecule has 170 valence electrons. The van der Waals surface area contributed by atoms with Crippen molar-refractivity contribution < 1.29 is 4.74 Å². The Morgan fingerprint density at radius 1 is 0.933 bits per heavy atom. The summed E-state index contributed by atoms with van der Waals surface area (Å²) in [4.78, 5) is 5.35. The molecule has 2 saturated carbocycles. The second-order valence-corrected chi connectivity index (χ2v) is 11.7. The fourth-order valence-corrected chi connectivity index (χ4v) is 6.64.